The number of fused-ring (bicyclic) bond motifs is 1. The molecule has 1 aliphatic heterocycles. The summed E-state index contributed by atoms with van der Waals surface area (Å²) < 4.78 is 7.30. The fraction of sp³-hybridized carbons (Fsp3) is 0.316. The highest BCUT2D eigenvalue weighted by molar-refractivity contribution is 6.03. The first-order valence-electron chi connectivity index (χ1n) is 8.46. The number of aromatic nitrogens is 1. The number of ether oxygens (including phenoxy) is 1. The van der Waals surface area contributed by atoms with Gasteiger partial charge in [0.1, 0.15) is 18.2 Å². The third-order valence-electron chi connectivity index (χ3n) is 4.37. The summed E-state index contributed by atoms with van der Waals surface area (Å²) in [4.78, 5) is 23.6. The molecule has 1 aromatic heterocycles. The second kappa shape index (κ2) is 7.85. The van der Waals surface area contributed by atoms with Crippen LogP contribution in [0.1, 0.15) is 18.4 Å². The molecule has 7 heteroatoms. The summed E-state index contributed by atoms with van der Waals surface area (Å²) in [6, 6.07) is 9.29. The van der Waals surface area contributed by atoms with Crippen LogP contribution in [0.5, 0.6) is 0 Å². The van der Waals surface area contributed by atoms with Crippen LogP contribution in [0.4, 0.5) is 0 Å². The molecule has 1 aliphatic rings. The number of nitrogens with zero attached hydrogens (tertiary/aromatic N) is 2. The molecular weight excluding hydrogens is 332 g/mol. The SMILES string of the molecule is N#CC(=Cc1cn(CC(=O)NCC2CCCO2)c2ccccc12)C(N)=O. The molecule has 0 radical (unpaired) electrons. The van der Waals surface area contributed by atoms with Crippen molar-refractivity contribution in [2.75, 3.05) is 13.2 Å². The zero-order valence-electron chi connectivity index (χ0n) is 14.3. The molecular formula is C19H20N4O3. The summed E-state index contributed by atoms with van der Waals surface area (Å²) in [5, 5.41) is 12.8. The fourth-order valence-electron chi connectivity index (χ4n) is 3.08. The minimum absolute atomic E-state index is 0.0904. The lowest BCUT2D eigenvalue weighted by molar-refractivity contribution is -0.122. The summed E-state index contributed by atoms with van der Waals surface area (Å²) in [5.41, 5.74) is 6.59. The monoisotopic (exact) mass is 352 g/mol. The van der Waals surface area contributed by atoms with Gasteiger partial charge in [-0.3, -0.25) is 9.59 Å². The van der Waals surface area contributed by atoms with Crippen LogP contribution in [-0.2, 0) is 20.9 Å². The highest BCUT2D eigenvalue weighted by Gasteiger charge is 2.17. The van der Waals surface area contributed by atoms with Gasteiger partial charge in [0.25, 0.3) is 5.91 Å². The first-order chi connectivity index (χ1) is 12.6. The number of para-hydroxylation sites is 1. The number of hydrogen-bond acceptors (Lipinski definition) is 4. The molecule has 0 bridgehead atoms. The van der Waals surface area contributed by atoms with E-state index in [9.17, 15) is 9.59 Å². The van der Waals surface area contributed by atoms with Crippen molar-refractivity contribution in [3.05, 3.63) is 41.6 Å². The number of nitrogens with one attached hydrogen (secondary N) is 1. The van der Waals surface area contributed by atoms with Crippen LogP contribution < -0.4 is 11.1 Å². The molecule has 3 N–H and O–H groups in total. The van der Waals surface area contributed by atoms with Crippen LogP contribution >= 0.6 is 0 Å². The van der Waals surface area contributed by atoms with Gasteiger partial charge in [-0.1, -0.05) is 18.2 Å². The van der Waals surface area contributed by atoms with Gasteiger partial charge in [-0.2, -0.15) is 5.26 Å². The van der Waals surface area contributed by atoms with Crippen LogP contribution in [0.3, 0.4) is 0 Å². The molecule has 1 unspecified atom stereocenters. The Balaban J connectivity index is 1.81. The summed E-state index contributed by atoms with van der Waals surface area (Å²) >= 11 is 0. The van der Waals surface area contributed by atoms with E-state index in [1.54, 1.807) is 16.8 Å². The minimum atomic E-state index is -0.779. The Morgan fingerprint density at radius 2 is 2.23 bits per heavy atom. The lowest BCUT2D eigenvalue weighted by atomic mass is 10.1. The van der Waals surface area contributed by atoms with E-state index in [2.05, 4.69) is 5.32 Å². The number of carbonyl (C=O) groups excluding carboxylic acids is 2. The van der Waals surface area contributed by atoms with Crippen molar-refractivity contribution in [3.63, 3.8) is 0 Å². The van der Waals surface area contributed by atoms with Gasteiger partial charge < -0.3 is 20.4 Å². The Kier molecular flexibility index (Phi) is 5.34. The Morgan fingerprint density at radius 3 is 2.92 bits per heavy atom. The quantitative estimate of drug-likeness (QED) is 0.603. The molecule has 1 saturated heterocycles. The van der Waals surface area contributed by atoms with Crippen LogP contribution in [0.2, 0.25) is 0 Å². The molecule has 134 valence electrons. The highest BCUT2D eigenvalue weighted by Crippen LogP contribution is 2.23. The molecule has 26 heavy (non-hydrogen) atoms. The van der Waals surface area contributed by atoms with Gasteiger partial charge in [0.15, 0.2) is 0 Å². The van der Waals surface area contributed by atoms with Crippen LogP contribution in [0.15, 0.2) is 36.0 Å². The second-order valence-corrected chi connectivity index (χ2v) is 6.20. The number of rotatable bonds is 6. The summed E-state index contributed by atoms with van der Waals surface area (Å²) in [7, 11) is 0. The highest BCUT2D eigenvalue weighted by atomic mass is 16.5. The molecule has 0 spiro atoms. The normalized spacial score (nSPS) is 17.2. The summed E-state index contributed by atoms with van der Waals surface area (Å²) in [5.74, 6) is -0.897. The van der Waals surface area contributed by atoms with E-state index in [0.717, 1.165) is 30.4 Å². The van der Waals surface area contributed by atoms with Crippen molar-refractivity contribution in [2.24, 2.45) is 5.73 Å². The molecule has 0 aliphatic carbocycles. The molecule has 1 aromatic carbocycles. The molecule has 1 fully saturated rings. The number of primary amides is 1. The van der Waals surface area contributed by atoms with Crippen molar-refractivity contribution in [1.82, 2.24) is 9.88 Å². The topological polar surface area (TPSA) is 110 Å². The molecule has 2 aromatic rings. The van der Waals surface area contributed by atoms with Gasteiger partial charge in [0, 0.05) is 35.8 Å². The first-order valence-corrected chi connectivity index (χ1v) is 8.46. The third-order valence-corrected chi connectivity index (χ3v) is 4.37. The van der Waals surface area contributed by atoms with E-state index in [1.807, 2.05) is 24.3 Å². The van der Waals surface area contributed by atoms with Gasteiger partial charge in [-0.05, 0) is 25.0 Å². The molecule has 2 heterocycles. The molecule has 3 rings (SSSR count). The molecule has 1 atom stereocenters. The maximum atomic E-state index is 12.3. The average Bonchev–Trinajstić information content (AvgIpc) is 3.26. The van der Waals surface area contributed by atoms with Crippen molar-refractivity contribution in [1.29, 1.82) is 5.26 Å². The lowest BCUT2D eigenvalue weighted by Gasteiger charge is -2.11. The van der Waals surface area contributed by atoms with Crippen molar-refractivity contribution < 1.29 is 14.3 Å². The number of hydrogen-bond donors (Lipinski definition) is 2. The Hall–Kier alpha value is -3.11. The largest absolute Gasteiger partial charge is 0.376 e. The van der Waals surface area contributed by atoms with Crippen LogP contribution in [0.25, 0.3) is 17.0 Å². The number of benzene rings is 1. The number of nitrogens with two attached hydrogens (primary N) is 1. The predicted molar refractivity (Wildman–Crippen MR) is 96.7 cm³/mol. The number of carbonyl (C=O) groups is 2. The molecule has 2 amide bonds. The van der Waals surface area contributed by atoms with Gasteiger partial charge >= 0.3 is 0 Å². The third kappa shape index (κ3) is 3.92. The smallest absolute Gasteiger partial charge is 0.259 e. The number of amides is 2. The van der Waals surface area contributed by atoms with Gasteiger partial charge in [0.2, 0.25) is 5.91 Å². The van der Waals surface area contributed by atoms with Gasteiger partial charge in [0.05, 0.1) is 6.10 Å². The van der Waals surface area contributed by atoms with E-state index >= 15 is 0 Å². The summed E-state index contributed by atoms with van der Waals surface area (Å²) in [6.45, 7) is 1.39. The number of nitriles is 1. The molecule has 0 saturated carbocycles. The zero-order chi connectivity index (χ0) is 18.5. The average molecular weight is 352 g/mol. The fourth-order valence-corrected chi connectivity index (χ4v) is 3.08. The van der Waals surface area contributed by atoms with Crippen LogP contribution in [0, 0.1) is 11.3 Å². The minimum Gasteiger partial charge on any atom is -0.376 e. The van der Waals surface area contributed by atoms with E-state index < -0.39 is 5.91 Å². The van der Waals surface area contributed by atoms with Crippen molar-refractivity contribution in [2.45, 2.75) is 25.5 Å². The van der Waals surface area contributed by atoms with Crippen molar-refractivity contribution in [3.8, 4) is 6.07 Å². The standard InChI is InChI=1S/C19H20N4O3/c20-9-13(19(21)25)8-14-11-23(17-6-2-1-5-16(14)17)12-18(24)22-10-15-4-3-7-26-15/h1-2,5-6,8,11,15H,3-4,7,10,12H2,(H2,21,25)(H,22,24). The Morgan fingerprint density at radius 1 is 1.42 bits per heavy atom. The zero-order valence-corrected chi connectivity index (χ0v) is 14.3. The van der Waals surface area contributed by atoms with E-state index in [1.165, 1.54) is 6.08 Å². The predicted octanol–water partition coefficient (Wildman–Crippen LogP) is 1.33. The maximum absolute atomic E-state index is 12.3. The second-order valence-electron chi connectivity index (χ2n) is 6.20. The molecule has 7 nitrogen and oxygen atoms in total. The summed E-state index contributed by atoms with van der Waals surface area (Å²) in [6.07, 6.45) is 5.28. The van der Waals surface area contributed by atoms with Crippen molar-refractivity contribution >= 4 is 28.8 Å². The van der Waals surface area contributed by atoms with Crippen LogP contribution in [-0.4, -0.2) is 35.6 Å². The Bertz CT molecular complexity index is 901. The van der Waals surface area contributed by atoms with Gasteiger partial charge in [-0.25, -0.2) is 0 Å². The van der Waals surface area contributed by atoms with E-state index in [0.29, 0.717) is 12.1 Å². The first kappa shape index (κ1) is 17.7. The van der Waals surface area contributed by atoms with E-state index in [4.69, 9.17) is 15.7 Å². The van der Waals surface area contributed by atoms with Gasteiger partial charge in [-0.15, -0.1) is 0 Å². The maximum Gasteiger partial charge on any atom is 0.259 e. The lowest BCUT2D eigenvalue weighted by Crippen LogP contribution is -2.34. The van der Waals surface area contributed by atoms with E-state index in [-0.39, 0.29) is 24.1 Å². The Labute approximate surface area is 151 Å².